The molecule has 5 rings (SSSR count). The van der Waals surface area contributed by atoms with Gasteiger partial charge in [0.25, 0.3) is 0 Å². The van der Waals surface area contributed by atoms with Crippen molar-refractivity contribution in [2.24, 2.45) is 0 Å². The van der Waals surface area contributed by atoms with E-state index in [4.69, 9.17) is 14.0 Å². The Hall–Kier alpha value is -2.80. The van der Waals surface area contributed by atoms with Crippen LogP contribution in [-0.4, -0.2) is 33.2 Å². The van der Waals surface area contributed by atoms with Gasteiger partial charge in [0.2, 0.25) is 6.79 Å². The number of hydrogen-bond acceptors (Lipinski definition) is 6. The van der Waals surface area contributed by atoms with Gasteiger partial charge in [-0.3, -0.25) is 9.58 Å². The zero-order valence-corrected chi connectivity index (χ0v) is 17.6. The van der Waals surface area contributed by atoms with E-state index in [2.05, 4.69) is 39.8 Å². The molecule has 7 nitrogen and oxygen atoms in total. The molecule has 0 aliphatic carbocycles. The summed E-state index contributed by atoms with van der Waals surface area (Å²) >= 11 is 0. The van der Waals surface area contributed by atoms with Crippen molar-refractivity contribution in [2.45, 2.75) is 58.7 Å². The topological polar surface area (TPSA) is 65.6 Å². The summed E-state index contributed by atoms with van der Waals surface area (Å²) in [5, 5.41) is 9.00. The number of likely N-dealkylation sites (tertiary alicyclic amines) is 1. The first-order valence-corrected chi connectivity index (χ1v) is 10.8. The van der Waals surface area contributed by atoms with E-state index in [0.29, 0.717) is 0 Å². The van der Waals surface area contributed by atoms with Crippen molar-refractivity contribution >= 4 is 0 Å². The van der Waals surface area contributed by atoms with Crippen molar-refractivity contribution in [3.8, 4) is 22.8 Å². The van der Waals surface area contributed by atoms with Gasteiger partial charge in [0.05, 0.1) is 12.2 Å². The molecule has 158 valence electrons. The van der Waals surface area contributed by atoms with E-state index in [1.807, 2.05) is 24.4 Å². The third-order valence-electron chi connectivity index (χ3n) is 6.27. The third-order valence-corrected chi connectivity index (χ3v) is 6.27. The zero-order chi connectivity index (χ0) is 20.5. The number of ether oxygens (including phenoxy) is 2. The quantitative estimate of drug-likeness (QED) is 0.609. The van der Waals surface area contributed by atoms with Gasteiger partial charge in [-0.05, 0) is 51.4 Å². The van der Waals surface area contributed by atoms with E-state index < -0.39 is 0 Å². The highest BCUT2D eigenvalue weighted by molar-refractivity contribution is 5.63. The van der Waals surface area contributed by atoms with Gasteiger partial charge in [-0.15, -0.1) is 0 Å². The van der Waals surface area contributed by atoms with Crippen molar-refractivity contribution < 1.29 is 14.0 Å². The van der Waals surface area contributed by atoms with Crippen molar-refractivity contribution in [1.82, 2.24) is 19.8 Å². The summed E-state index contributed by atoms with van der Waals surface area (Å²) in [5.41, 5.74) is 4.51. The molecule has 0 radical (unpaired) electrons. The molecule has 4 heterocycles. The average molecular weight is 409 g/mol. The van der Waals surface area contributed by atoms with E-state index in [-0.39, 0.29) is 12.8 Å². The van der Waals surface area contributed by atoms with Crippen LogP contribution in [0.2, 0.25) is 0 Å². The molecule has 1 saturated heterocycles. The Bertz CT molecular complexity index is 1030. The van der Waals surface area contributed by atoms with Crippen LogP contribution in [0.4, 0.5) is 0 Å². The number of nitrogens with zero attached hydrogens (tertiary/aromatic N) is 4. The molecule has 1 aromatic carbocycles. The molecule has 0 unspecified atom stereocenters. The van der Waals surface area contributed by atoms with Gasteiger partial charge in [0.15, 0.2) is 17.3 Å². The lowest BCUT2D eigenvalue weighted by Crippen LogP contribution is -2.28. The summed E-state index contributed by atoms with van der Waals surface area (Å²) in [4.78, 5) is 2.54. The van der Waals surface area contributed by atoms with Gasteiger partial charge in [0.1, 0.15) is 5.69 Å². The lowest BCUT2D eigenvalue weighted by molar-refractivity contribution is 0.174. The first-order chi connectivity index (χ1) is 14.7. The van der Waals surface area contributed by atoms with Crippen LogP contribution in [0.5, 0.6) is 11.5 Å². The predicted octanol–water partition coefficient (Wildman–Crippen LogP) is 4.71. The maximum atomic E-state index is 5.76. The fraction of sp³-hybridized carbons (Fsp3) is 0.478. The number of benzene rings is 1. The van der Waals surface area contributed by atoms with Gasteiger partial charge in [-0.1, -0.05) is 18.0 Å². The summed E-state index contributed by atoms with van der Waals surface area (Å²) in [6.45, 7) is 7.41. The molecule has 0 amide bonds. The highest BCUT2D eigenvalue weighted by Crippen LogP contribution is 2.38. The molecule has 30 heavy (non-hydrogen) atoms. The molecule has 3 aromatic rings. The molecule has 0 spiro atoms. The van der Waals surface area contributed by atoms with E-state index in [1.165, 1.54) is 30.5 Å². The summed E-state index contributed by atoms with van der Waals surface area (Å²) in [7, 11) is 0. The summed E-state index contributed by atoms with van der Waals surface area (Å²) in [5.74, 6) is 2.30. The van der Waals surface area contributed by atoms with Gasteiger partial charge in [-0.25, -0.2) is 0 Å². The van der Waals surface area contributed by atoms with Gasteiger partial charge >= 0.3 is 0 Å². The summed E-state index contributed by atoms with van der Waals surface area (Å²) in [6.07, 6.45) is 6.79. The second kappa shape index (κ2) is 8.14. The highest BCUT2D eigenvalue weighted by Gasteiger charge is 2.27. The second-order valence-corrected chi connectivity index (χ2v) is 8.09. The molecule has 0 saturated carbocycles. The summed E-state index contributed by atoms with van der Waals surface area (Å²) < 4.78 is 18.7. The number of rotatable bonds is 5. The van der Waals surface area contributed by atoms with Gasteiger partial charge in [-0.2, -0.15) is 5.10 Å². The predicted molar refractivity (Wildman–Crippen MR) is 112 cm³/mol. The average Bonchev–Trinajstić information content (AvgIpc) is 3.46. The summed E-state index contributed by atoms with van der Waals surface area (Å²) in [6, 6.07) is 8.21. The Kier molecular flexibility index (Phi) is 5.21. The third kappa shape index (κ3) is 3.58. The largest absolute Gasteiger partial charge is 0.454 e. The maximum absolute atomic E-state index is 5.76. The lowest BCUT2D eigenvalue weighted by atomic mass is 10.0. The monoisotopic (exact) mass is 408 g/mol. The Morgan fingerprint density at radius 1 is 1.10 bits per heavy atom. The second-order valence-electron chi connectivity index (χ2n) is 8.09. The fourth-order valence-electron chi connectivity index (χ4n) is 4.50. The van der Waals surface area contributed by atoms with Crippen molar-refractivity contribution in [3.05, 3.63) is 47.4 Å². The molecule has 2 aliphatic heterocycles. The number of aromatic nitrogens is 3. The minimum absolute atomic E-state index is 0.253. The molecule has 7 heteroatoms. The van der Waals surface area contributed by atoms with Gasteiger partial charge < -0.3 is 14.0 Å². The minimum atomic E-state index is 0.253. The van der Waals surface area contributed by atoms with Crippen LogP contribution in [0.15, 0.2) is 35.0 Å². The first kappa shape index (κ1) is 19.2. The lowest BCUT2D eigenvalue weighted by Gasteiger charge is -2.28. The van der Waals surface area contributed by atoms with Crippen molar-refractivity contribution in [3.63, 3.8) is 0 Å². The molecular formula is C23H28N4O3. The minimum Gasteiger partial charge on any atom is -0.454 e. The number of fused-ring (bicyclic) bond motifs is 1. The highest BCUT2D eigenvalue weighted by atomic mass is 16.7. The van der Waals surface area contributed by atoms with Gasteiger partial charge in [0, 0.05) is 36.0 Å². The molecule has 2 aliphatic rings. The standard InChI is InChI=1S/C23H28N4O3/c1-3-27-16(2)18(13-24-27)14-26-10-6-4-5-7-20(26)19-12-22(30-25-19)17-8-9-21-23(11-17)29-15-28-21/h8-9,11-13,20H,3-7,10,14-15H2,1-2H3/t20-/m1/s1. The molecule has 0 bridgehead atoms. The molecule has 2 aromatic heterocycles. The van der Waals surface area contributed by atoms with Crippen LogP contribution >= 0.6 is 0 Å². The molecular weight excluding hydrogens is 380 g/mol. The molecule has 0 N–H and O–H groups in total. The molecule has 1 atom stereocenters. The Balaban J connectivity index is 1.40. The fourth-order valence-corrected chi connectivity index (χ4v) is 4.50. The van der Waals surface area contributed by atoms with Crippen LogP contribution in [0.25, 0.3) is 11.3 Å². The Morgan fingerprint density at radius 3 is 2.87 bits per heavy atom. The van der Waals surface area contributed by atoms with Crippen LogP contribution in [0.3, 0.4) is 0 Å². The SMILES string of the molecule is CCn1ncc(CN2CCCCC[C@@H]2c2cc(-c3ccc4c(c3)OCO4)on2)c1C. The van der Waals surface area contributed by atoms with Crippen molar-refractivity contribution in [2.75, 3.05) is 13.3 Å². The van der Waals surface area contributed by atoms with E-state index in [1.54, 1.807) is 0 Å². The van der Waals surface area contributed by atoms with Crippen molar-refractivity contribution in [1.29, 1.82) is 0 Å². The van der Waals surface area contributed by atoms with E-state index in [9.17, 15) is 0 Å². The van der Waals surface area contributed by atoms with E-state index >= 15 is 0 Å². The van der Waals surface area contributed by atoms with E-state index in [0.717, 1.165) is 54.6 Å². The number of aryl methyl sites for hydroxylation is 1. The molecule has 1 fully saturated rings. The normalized spacial score (nSPS) is 19.2. The van der Waals surface area contributed by atoms with Crippen LogP contribution < -0.4 is 9.47 Å². The first-order valence-electron chi connectivity index (χ1n) is 10.8. The van der Waals surface area contributed by atoms with Crippen LogP contribution in [-0.2, 0) is 13.1 Å². The Morgan fingerprint density at radius 2 is 2.00 bits per heavy atom. The number of hydrogen-bond donors (Lipinski definition) is 0. The maximum Gasteiger partial charge on any atom is 0.231 e. The Labute approximate surface area is 176 Å². The smallest absolute Gasteiger partial charge is 0.231 e. The van der Waals surface area contributed by atoms with Crippen LogP contribution in [0.1, 0.15) is 55.6 Å². The zero-order valence-electron chi connectivity index (χ0n) is 17.6. The van der Waals surface area contributed by atoms with Crippen LogP contribution in [0, 0.1) is 6.92 Å².